The van der Waals surface area contributed by atoms with Gasteiger partial charge in [-0.15, -0.1) is 0 Å². The summed E-state index contributed by atoms with van der Waals surface area (Å²) < 4.78 is 5.47. The average molecular weight is 264 g/mol. The van der Waals surface area contributed by atoms with E-state index >= 15 is 0 Å². The van der Waals surface area contributed by atoms with Crippen molar-refractivity contribution in [3.05, 3.63) is 24.2 Å². The molecule has 2 atom stereocenters. The molecule has 0 amide bonds. The monoisotopic (exact) mass is 264 g/mol. The molecule has 0 aromatic carbocycles. The molecule has 0 radical (unpaired) electrons. The van der Waals surface area contributed by atoms with Crippen molar-refractivity contribution in [1.29, 1.82) is 0 Å². The zero-order valence-corrected chi connectivity index (χ0v) is 12.2. The quantitative estimate of drug-likeness (QED) is 0.797. The molecule has 2 aliphatic rings. The van der Waals surface area contributed by atoms with Crippen LogP contribution in [0.3, 0.4) is 0 Å². The Balaban J connectivity index is 1.49. The number of nitrogens with one attached hydrogen (secondary N) is 2. The predicted octanol–water partition coefficient (Wildman–Crippen LogP) is 0.142. The summed E-state index contributed by atoms with van der Waals surface area (Å²) in [5.41, 5.74) is 0. The Kier molecular flexibility index (Phi) is 4.24. The number of hydrogen-bond acceptors (Lipinski definition) is 1. The maximum atomic E-state index is 5.47. The minimum atomic E-state index is 0.940. The van der Waals surface area contributed by atoms with Gasteiger partial charge in [-0.25, -0.2) is 0 Å². The van der Waals surface area contributed by atoms with Crippen molar-refractivity contribution < 1.29 is 14.2 Å². The fraction of sp³-hybridized carbons (Fsp3) is 0.750. The van der Waals surface area contributed by atoms with Crippen LogP contribution in [0.2, 0.25) is 0 Å². The lowest BCUT2D eigenvalue weighted by Gasteiger charge is -2.39. The summed E-state index contributed by atoms with van der Waals surface area (Å²) >= 11 is 0. The van der Waals surface area contributed by atoms with E-state index < -0.39 is 0 Å². The van der Waals surface area contributed by atoms with E-state index in [0.717, 1.165) is 24.3 Å². The van der Waals surface area contributed by atoms with Crippen LogP contribution in [0.4, 0.5) is 0 Å². The molecular weight excluding hydrogens is 236 g/mol. The van der Waals surface area contributed by atoms with Crippen molar-refractivity contribution in [1.82, 2.24) is 0 Å². The summed E-state index contributed by atoms with van der Waals surface area (Å²) in [6, 6.07) is 5.05. The first-order chi connectivity index (χ1) is 9.33. The molecule has 1 aliphatic heterocycles. The lowest BCUT2D eigenvalue weighted by atomic mass is 9.84. The molecule has 2 heterocycles. The molecule has 3 nitrogen and oxygen atoms in total. The molecule has 106 valence electrons. The zero-order chi connectivity index (χ0) is 13.1. The molecule has 0 bridgehead atoms. The molecule has 1 saturated heterocycles. The Morgan fingerprint density at radius 2 is 1.95 bits per heavy atom. The van der Waals surface area contributed by atoms with Gasteiger partial charge in [-0.2, -0.15) is 0 Å². The van der Waals surface area contributed by atoms with Crippen molar-refractivity contribution in [3.8, 4) is 0 Å². The molecule has 1 aromatic rings. The molecule has 0 unspecified atom stereocenters. The molecule has 1 aliphatic carbocycles. The van der Waals surface area contributed by atoms with E-state index in [1.54, 1.807) is 11.2 Å². The molecule has 0 spiro atoms. The Bertz CT molecular complexity index is 368. The summed E-state index contributed by atoms with van der Waals surface area (Å²) in [5, 5.41) is 0. The van der Waals surface area contributed by atoms with E-state index in [4.69, 9.17) is 4.42 Å². The number of quaternary nitrogens is 2. The predicted molar refractivity (Wildman–Crippen MR) is 75.2 cm³/mol. The Morgan fingerprint density at radius 3 is 2.63 bits per heavy atom. The highest BCUT2D eigenvalue weighted by Crippen LogP contribution is 2.21. The third kappa shape index (κ3) is 3.21. The van der Waals surface area contributed by atoms with Crippen LogP contribution in [0.5, 0.6) is 0 Å². The second kappa shape index (κ2) is 6.10. The lowest BCUT2D eigenvalue weighted by Crippen LogP contribution is -3.29. The molecule has 1 saturated carbocycles. The van der Waals surface area contributed by atoms with Gasteiger partial charge in [-0.3, -0.25) is 0 Å². The number of hydrogen-bond donors (Lipinski definition) is 2. The van der Waals surface area contributed by atoms with Crippen LogP contribution in [-0.4, -0.2) is 32.2 Å². The normalized spacial score (nSPS) is 36.3. The Hall–Kier alpha value is -0.800. The van der Waals surface area contributed by atoms with Crippen LogP contribution < -0.4 is 9.80 Å². The highest BCUT2D eigenvalue weighted by molar-refractivity contribution is 4.95. The number of piperazine rings is 1. The van der Waals surface area contributed by atoms with Crippen molar-refractivity contribution >= 4 is 0 Å². The largest absolute Gasteiger partial charge is 0.463 e. The van der Waals surface area contributed by atoms with Gasteiger partial charge in [-0.05, 0) is 31.4 Å². The smallest absolute Gasteiger partial charge is 0.157 e. The second-order valence-electron chi connectivity index (χ2n) is 6.53. The van der Waals surface area contributed by atoms with Crippen molar-refractivity contribution in [3.63, 3.8) is 0 Å². The van der Waals surface area contributed by atoms with E-state index in [1.165, 1.54) is 51.9 Å². The van der Waals surface area contributed by atoms with Crippen LogP contribution in [-0.2, 0) is 6.54 Å². The molecule has 2 fully saturated rings. The molecule has 2 N–H and O–H groups in total. The van der Waals surface area contributed by atoms with Gasteiger partial charge in [-0.1, -0.05) is 13.3 Å². The number of furan rings is 1. The van der Waals surface area contributed by atoms with E-state index in [9.17, 15) is 0 Å². The first kappa shape index (κ1) is 13.2. The zero-order valence-electron chi connectivity index (χ0n) is 12.2. The van der Waals surface area contributed by atoms with E-state index in [1.807, 2.05) is 11.0 Å². The maximum Gasteiger partial charge on any atom is 0.157 e. The van der Waals surface area contributed by atoms with Crippen molar-refractivity contribution in [2.75, 3.05) is 26.2 Å². The molecule has 19 heavy (non-hydrogen) atoms. The van der Waals surface area contributed by atoms with Crippen LogP contribution in [0.1, 0.15) is 38.4 Å². The summed E-state index contributed by atoms with van der Waals surface area (Å²) in [6.07, 6.45) is 7.63. The topological polar surface area (TPSA) is 22.0 Å². The molecule has 3 heteroatoms. The van der Waals surface area contributed by atoms with Gasteiger partial charge in [0.1, 0.15) is 32.7 Å². The fourth-order valence-corrected chi connectivity index (χ4v) is 4.05. The summed E-state index contributed by atoms with van der Waals surface area (Å²) in [4.78, 5) is 3.58. The first-order valence-electron chi connectivity index (χ1n) is 8.03. The van der Waals surface area contributed by atoms with E-state index in [-0.39, 0.29) is 0 Å². The van der Waals surface area contributed by atoms with Gasteiger partial charge in [0.05, 0.1) is 12.3 Å². The van der Waals surface area contributed by atoms with E-state index in [2.05, 4.69) is 13.0 Å². The highest BCUT2D eigenvalue weighted by atomic mass is 16.3. The van der Waals surface area contributed by atoms with Gasteiger partial charge < -0.3 is 14.2 Å². The summed E-state index contributed by atoms with van der Waals surface area (Å²) in [5.74, 6) is 2.08. The molecule has 3 rings (SSSR count). The minimum Gasteiger partial charge on any atom is -0.463 e. The van der Waals surface area contributed by atoms with Crippen LogP contribution >= 0.6 is 0 Å². The van der Waals surface area contributed by atoms with Gasteiger partial charge in [0.25, 0.3) is 0 Å². The summed E-state index contributed by atoms with van der Waals surface area (Å²) in [7, 11) is 0. The van der Waals surface area contributed by atoms with Crippen molar-refractivity contribution in [2.24, 2.45) is 5.92 Å². The average Bonchev–Trinajstić information content (AvgIpc) is 2.93. The Labute approximate surface area is 116 Å². The third-order valence-corrected chi connectivity index (χ3v) is 5.24. The third-order valence-electron chi connectivity index (χ3n) is 5.24. The molecule has 1 aromatic heterocycles. The highest BCUT2D eigenvalue weighted by Gasteiger charge is 2.34. The van der Waals surface area contributed by atoms with Gasteiger partial charge in [0.2, 0.25) is 0 Å². The maximum absolute atomic E-state index is 5.47. The van der Waals surface area contributed by atoms with Crippen LogP contribution in [0.25, 0.3) is 0 Å². The van der Waals surface area contributed by atoms with Crippen LogP contribution in [0.15, 0.2) is 22.8 Å². The minimum absolute atomic E-state index is 0.940. The Morgan fingerprint density at radius 1 is 1.16 bits per heavy atom. The second-order valence-corrected chi connectivity index (χ2v) is 6.53. The summed E-state index contributed by atoms with van der Waals surface area (Å²) in [6.45, 7) is 8.86. The molecular formula is C16H28N2O+2. The van der Waals surface area contributed by atoms with Gasteiger partial charge >= 0.3 is 0 Å². The van der Waals surface area contributed by atoms with Gasteiger partial charge in [0.15, 0.2) is 5.76 Å². The van der Waals surface area contributed by atoms with Crippen molar-refractivity contribution in [2.45, 2.75) is 45.2 Å². The first-order valence-corrected chi connectivity index (χ1v) is 8.03. The lowest BCUT2D eigenvalue weighted by molar-refractivity contribution is -1.03. The van der Waals surface area contributed by atoms with Gasteiger partial charge in [0, 0.05) is 5.92 Å². The SMILES string of the molecule is C[C@H]1CCCC[C@H]1[NH+]1CC[NH+](Cc2ccco2)CC1. The number of rotatable bonds is 3. The van der Waals surface area contributed by atoms with Crippen LogP contribution in [0, 0.1) is 5.92 Å². The standard InChI is InChI=1S/C16H26N2O/c1-14-5-2-3-7-16(14)18-10-8-17(9-11-18)13-15-6-4-12-19-15/h4,6,12,14,16H,2-3,5,7-11,13H2,1H3/p+2/t14-,16+/m0/s1. The van der Waals surface area contributed by atoms with E-state index in [0.29, 0.717) is 0 Å². The fourth-order valence-electron chi connectivity index (χ4n) is 4.05.